The molecule has 3 nitrogen and oxygen atoms in total. The summed E-state index contributed by atoms with van der Waals surface area (Å²) in [6.45, 7) is 4.79. The van der Waals surface area contributed by atoms with Crippen LogP contribution in [0.3, 0.4) is 0 Å². The predicted octanol–water partition coefficient (Wildman–Crippen LogP) is -0.0185. The number of likely N-dealkylation sites (N-methyl/N-ethyl adjacent to an activating group) is 1. The fraction of sp³-hybridized carbons (Fsp3) is 0.938. The van der Waals surface area contributed by atoms with Crippen molar-refractivity contribution in [3.63, 3.8) is 0 Å². The molecule has 0 aromatic rings. The SMILES string of the molecule is CCCCCCCCCCCCN(C)[C@@H](C)C(=O)[O-].[Na+]. The third kappa shape index (κ3) is 13.4. The van der Waals surface area contributed by atoms with Crippen molar-refractivity contribution in [2.75, 3.05) is 13.6 Å². The van der Waals surface area contributed by atoms with E-state index in [4.69, 9.17) is 0 Å². The standard InChI is InChI=1S/C16H33NO2.Na/c1-4-5-6-7-8-9-10-11-12-13-14-17(3)15(2)16(18)19;/h15H,4-14H2,1-3H3,(H,18,19);/q;+1/p-1/t15-;/m0./s1. The van der Waals surface area contributed by atoms with E-state index in [0.29, 0.717) is 0 Å². The van der Waals surface area contributed by atoms with E-state index in [0.717, 1.165) is 13.0 Å². The Balaban J connectivity index is 0. The number of nitrogens with zero attached hydrogens (tertiary/aromatic N) is 1. The second-order valence-electron chi connectivity index (χ2n) is 5.66. The molecule has 0 N–H and O–H groups in total. The van der Waals surface area contributed by atoms with Crippen LogP contribution >= 0.6 is 0 Å². The molecular weight excluding hydrogens is 261 g/mol. The van der Waals surface area contributed by atoms with Crippen molar-refractivity contribution in [1.82, 2.24) is 4.90 Å². The molecular formula is C16H32NNaO2. The van der Waals surface area contributed by atoms with Crippen LogP contribution in [-0.2, 0) is 4.79 Å². The summed E-state index contributed by atoms with van der Waals surface area (Å²) in [5, 5.41) is 10.7. The number of carboxylic acid groups (broad SMARTS) is 1. The smallest absolute Gasteiger partial charge is 0.548 e. The molecule has 0 saturated heterocycles. The summed E-state index contributed by atoms with van der Waals surface area (Å²) in [5.41, 5.74) is 0. The van der Waals surface area contributed by atoms with Gasteiger partial charge >= 0.3 is 29.6 Å². The Kier molecular flexibility index (Phi) is 18.0. The number of aliphatic carboxylic acids is 1. The quantitative estimate of drug-likeness (QED) is 0.354. The Morgan fingerprint density at radius 3 is 1.75 bits per heavy atom. The van der Waals surface area contributed by atoms with E-state index in [2.05, 4.69) is 6.92 Å². The van der Waals surface area contributed by atoms with Crippen LogP contribution in [0.4, 0.5) is 0 Å². The summed E-state index contributed by atoms with van der Waals surface area (Å²) in [7, 11) is 1.86. The third-order valence-corrected chi connectivity index (χ3v) is 3.87. The van der Waals surface area contributed by atoms with Crippen molar-refractivity contribution in [2.24, 2.45) is 0 Å². The molecule has 0 heterocycles. The van der Waals surface area contributed by atoms with Gasteiger partial charge in [0.1, 0.15) is 0 Å². The van der Waals surface area contributed by atoms with Gasteiger partial charge in [-0.25, -0.2) is 0 Å². The molecule has 0 aromatic heterocycles. The first-order valence-electron chi connectivity index (χ1n) is 8.00. The number of carbonyl (C=O) groups excluding carboxylic acids is 1. The maximum atomic E-state index is 10.7. The largest absolute Gasteiger partial charge is 1.00 e. The van der Waals surface area contributed by atoms with E-state index >= 15 is 0 Å². The molecule has 0 radical (unpaired) electrons. The first-order valence-corrected chi connectivity index (χ1v) is 8.00. The van der Waals surface area contributed by atoms with Crippen LogP contribution in [0.25, 0.3) is 0 Å². The molecule has 0 saturated carbocycles. The number of hydrogen-bond acceptors (Lipinski definition) is 3. The summed E-state index contributed by atoms with van der Waals surface area (Å²) in [5.74, 6) is -0.977. The summed E-state index contributed by atoms with van der Waals surface area (Å²) >= 11 is 0. The van der Waals surface area contributed by atoms with Crippen molar-refractivity contribution in [2.45, 2.75) is 84.1 Å². The minimum atomic E-state index is -0.977. The van der Waals surface area contributed by atoms with Gasteiger partial charge in [-0.05, 0) is 26.9 Å². The maximum Gasteiger partial charge on any atom is 1.00 e. The van der Waals surface area contributed by atoms with E-state index in [1.807, 2.05) is 11.9 Å². The molecule has 0 bridgehead atoms. The molecule has 0 fully saturated rings. The minimum absolute atomic E-state index is 0. The van der Waals surface area contributed by atoms with Crippen LogP contribution in [0.1, 0.15) is 78.1 Å². The monoisotopic (exact) mass is 293 g/mol. The van der Waals surface area contributed by atoms with E-state index in [1.54, 1.807) is 6.92 Å². The molecule has 0 unspecified atom stereocenters. The van der Waals surface area contributed by atoms with E-state index < -0.39 is 12.0 Å². The van der Waals surface area contributed by atoms with E-state index in [-0.39, 0.29) is 29.6 Å². The molecule has 0 aliphatic heterocycles. The fourth-order valence-corrected chi connectivity index (χ4v) is 2.22. The van der Waals surface area contributed by atoms with Gasteiger partial charge < -0.3 is 9.90 Å². The molecule has 0 aliphatic rings. The van der Waals surface area contributed by atoms with Crippen LogP contribution in [0.5, 0.6) is 0 Å². The van der Waals surface area contributed by atoms with Gasteiger partial charge in [0.2, 0.25) is 0 Å². The topological polar surface area (TPSA) is 43.4 Å². The Labute approximate surface area is 147 Å². The van der Waals surface area contributed by atoms with Crippen molar-refractivity contribution in [3.8, 4) is 0 Å². The number of rotatable bonds is 13. The Bertz CT molecular complexity index is 225. The summed E-state index contributed by atoms with van der Waals surface area (Å²) < 4.78 is 0. The molecule has 4 heteroatoms. The molecule has 114 valence electrons. The van der Waals surface area contributed by atoms with Crippen molar-refractivity contribution in [3.05, 3.63) is 0 Å². The Morgan fingerprint density at radius 2 is 1.35 bits per heavy atom. The zero-order valence-electron chi connectivity index (χ0n) is 14.1. The fourth-order valence-electron chi connectivity index (χ4n) is 2.22. The number of unbranched alkanes of at least 4 members (excludes halogenated alkanes) is 9. The number of carbonyl (C=O) groups is 1. The van der Waals surface area contributed by atoms with Gasteiger partial charge in [-0.2, -0.15) is 0 Å². The van der Waals surface area contributed by atoms with Gasteiger partial charge in [0.15, 0.2) is 0 Å². The normalized spacial score (nSPS) is 12.2. The molecule has 0 rings (SSSR count). The average molecular weight is 293 g/mol. The minimum Gasteiger partial charge on any atom is -0.548 e. The van der Waals surface area contributed by atoms with Gasteiger partial charge in [-0.15, -0.1) is 0 Å². The molecule has 1 atom stereocenters. The first-order chi connectivity index (χ1) is 9.09. The van der Waals surface area contributed by atoms with Crippen molar-refractivity contribution < 1.29 is 39.5 Å². The molecule has 20 heavy (non-hydrogen) atoms. The maximum absolute atomic E-state index is 10.7. The zero-order chi connectivity index (χ0) is 14.5. The number of carboxylic acids is 1. The van der Waals surface area contributed by atoms with Crippen LogP contribution in [0.15, 0.2) is 0 Å². The summed E-state index contributed by atoms with van der Waals surface area (Å²) in [6.07, 6.45) is 13.1. The zero-order valence-corrected chi connectivity index (χ0v) is 16.1. The second kappa shape index (κ2) is 15.8. The third-order valence-electron chi connectivity index (χ3n) is 3.87. The summed E-state index contributed by atoms with van der Waals surface area (Å²) in [4.78, 5) is 12.5. The number of hydrogen-bond donors (Lipinski definition) is 0. The van der Waals surface area contributed by atoms with Crippen LogP contribution < -0.4 is 34.7 Å². The Morgan fingerprint density at radius 1 is 0.950 bits per heavy atom. The molecule has 0 amide bonds. The van der Waals surface area contributed by atoms with Crippen molar-refractivity contribution in [1.29, 1.82) is 0 Å². The van der Waals surface area contributed by atoms with E-state index in [1.165, 1.54) is 57.8 Å². The van der Waals surface area contributed by atoms with E-state index in [9.17, 15) is 9.90 Å². The first kappa shape index (κ1) is 22.7. The second-order valence-corrected chi connectivity index (χ2v) is 5.66. The average Bonchev–Trinajstić information content (AvgIpc) is 2.39. The van der Waals surface area contributed by atoms with Gasteiger partial charge in [0, 0.05) is 6.04 Å². The molecule has 0 aliphatic carbocycles. The van der Waals surface area contributed by atoms with Crippen LogP contribution in [-0.4, -0.2) is 30.5 Å². The van der Waals surface area contributed by atoms with Crippen LogP contribution in [0, 0.1) is 0 Å². The van der Waals surface area contributed by atoms with Crippen molar-refractivity contribution >= 4 is 5.97 Å². The van der Waals surface area contributed by atoms with Gasteiger partial charge in [-0.3, -0.25) is 4.90 Å². The molecule has 0 spiro atoms. The molecule has 0 aromatic carbocycles. The predicted molar refractivity (Wildman–Crippen MR) is 78.9 cm³/mol. The Hall–Kier alpha value is 0.430. The summed E-state index contributed by atoms with van der Waals surface area (Å²) in [6, 6.07) is -0.474. The van der Waals surface area contributed by atoms with Gasteiger partial charge in [0.05, 0.1) is 5.97 Å². The van der Waals surface area contributed by atoms with Gasteiger partial charge in [-0.1, -0.05) is 64.7 Å². The van der Waals surface area contributed by atoms with Gasteiger partial charge in [0.25, 0.3) is 0 Å². The van der Waals surface area contributed by atoms with Crippen LogP contribution in [0.2, 0.25) is 0 Å².